The average Bonchev–Trinajstić information content (AvgIpc) is 3.07. The molecule has 0 unspecified atom stereocenters. The maximum atomic E-state index is 12.5. The summed E-state index contributed by atoms with van der Waals surface area (Å²) in [6.45, 7) is 5.78. The van der Waals surface area contributed by atoms with E-state index >= 15 is 0 Å². The molecule has 3 aromatic rings. The van der Waals surface area contributed by atoms with Gasteiger partial charge in [-0.2, -0.15) is 0 Å². The highest BCUT2D eigenvalue weighted by molar-refractivity contribution is 9.10. The van der Waals surface area contributed by atoms with E-state index in [1.165, 1.54) is 17.4 Å². The molecule has 0 atom stereocenters. The second-order valence-electron chi connectivity index (χ2n) is 6.00. The van der Waals surface area contributed by atoms with Crippen molar-refractivity contribution in [2.45, 2.75) is 13.5 Å². The molecule has 0 aliphatic carbocycles. The molecule has 0 aliphatic rings. The molecule has 1 heterocycles. The van der Waals surface area contributed by atoms with Gasteiger partial charge in [0.05, 0.1) is 5.69 Å². The van der Waals surface area contributed by atoms with Gasteiger partial charge in [-0.15, -0.1) is 11.3 Å². The van der Waals surface area contributed by atoms with E-state index in [-0.39, 0.29) is 11.8 Å². The number of carbonyl (C=O) groups is 2. The number of aryl methyl sites for hydroxylation is 1. The van der Waals surface area contributed by atoms with E-state index in [0.29, 0.717) is 17.2 Å². The highest BCUT2D eigenvalue weighted by Gasteiger charge is 2.13. The fourth-order valence-electron chi connectivity index (χ4n) is 2.53. The van der Waals surface area contributed by atoms with Gasteiger partial charge in [0.1, 0.15) is 0 Å². The first kappa shape index (κ1) is 20.0. The van der Waals surface area contributed by atoms with Crippen LogP contribution in [0.5, 0.6) is 0 Å². The van der Waals surface area contributed by atoms with Crippen molar-refractivity contribution in [3.8, 4) is 11.3 Å². The topological polar surface area (TPSA) is 71.1 Å². The zero-order valence-corrected chi connectivity index (χ0v) is 17.6. The van der Waals surface area contributed by atoms with Gasteiger partial charge in [-0.3, -0.25) is 14.9 Å². The Morgan fingerprint density at radius 1 is 1.14 bits per heavy atom. The molecular weight excluding hydrogens is 438 g/mol. The van der Waals surface area contributed by atoms with E-state index in [1.807, 2.05) is 31.2 Å². The summed E-state index contributed by atoms with van der Waals surface area (Å²) in [6.07, 6.45) is 1.22. The monoisotopic (exact) mass is 455 g/mol. The minimum Gasteiger partial charge on any atom is -0.348 e. The first-order chi connectivity index (χ1) is 13.5. The largest absolute Gasteiger partial charge is 0.348 e. The van der Waals surface area contributed by atoms with E-state index in [1.54, 1.807) is 24.3 Å². The Labute approximate surface area is 175 Å². The lowest BCUT2D eigenvalue weighted by Crippen LogP contribution is -2.20. The number of aromatic nitrogens is 1. The van der Waals surface area contributed by atoms with Crippen molar-refractivity contribution in [3.63, 3.8) is 0 Å². The van der Waals surface area contributed by atoms with Gasteiger partial charge in [0, 0.05) is 27.0 Å². The molecule has 28 heavy (non-hydrogen) atoms. The Hall–Kier alpha value is -2.77. The maximum Gasteiger partial charge on any atom is 0.257 e. The number of carbonyl (C=O) groups excluding carboxylic acids is 2. The molecule has 0 saturated carbocycles. The Bertz CT molecular complexity index is 1010. The lowest BCUT2D eigenvalue weighted by atomic mass is 10.1. The summed E-state index contributed by atoms with van der Waals surface area (Å²) in [5, 5.41) is 6.11. The predicted octanol–water partition coefficient (Wildman–Crippen LogP) is 4.94. The lowest BCUT2D eigenvalue weighted by Gasteiger charge is -2.05. The molecule has 0 fully saturated rings. The average molecular weight is 456 g/mol. The fourth-order valence-corrected chi connectivity index (χ4v) is 3.63. The van der Waals surface area contributed by atoms with Crippen molar-refractivity contribution < 1.29 is 9.59 Å². The fraction of sp³-hybridized carbons (Fsp3) is 0.0952. The first-order valence-corrected chi connectivity index (χ1v) is 10.1. The Balaban J connectivity index is 1.68. The number of rotatable bonds is 6. The zero-order chi connectivity index (χ0) is 20.1. The van der Waals surface area contributed by atoms with E-state index < -0.39 is 0 Å². The van der Waals surface area contributed by atoms with Crippen LogP contribution in [0.25, 0.3) is 11.3 Å². The van der Waals surface area contributed by atoms with Gasteiger partial charge < -0.3 is 5.32 Å². The standard InChI is InChI=1S/C21H18BrN3O2S/c1-3-18(26)23-12-14-4-6-16(7-5-14)20(27)25-21-24-19(13(2)28-21)15-8-10-17(22)11-9-15/h3-11H,1,12H2,2H3,(H,23,26)(H,24,25,27). The zero-order valence-electron chi connectivity index (χ0n) is 15.2. The van der Waals surface area contributed by atoms with E-state index in [9.17, 15) is 9.59 Å². The Kier molecular flexibility index (Phi) is 6.38. The van der Waals surface area contributed by atoms with Crippen LogP contribution in [-0.2, 0) is 11.3 Å². The number of anilines is 1. The second-order valence-corrected chi connectivity index (χ2v) is 8.12. The second kappa shape index (κ2) is 8.95. The van der Waals surface area contributed by atoms with Crippen molar-refractivity contribution in [2.24, 2.45) is 0 Å². The van der Waals surface area contributed by atoms with Gasteiger partial charge in [-0.05, 0) is 42.8 Å². The van der Waals surface area contributed by atoms with Gasteiger partial charge in [0.25, 0.3) is 5.91 Å². The molecule has 3 rings (SSSR count). The van der Waals surface area contributed by atoms with Crippen LogP contribution in [0, 0.1) is 6.92 Å². The number of nitrogens with one attached hydrogen (secondary N) is 2. The van der Waals surface area contributed by atoms with Crippen LogP contribution in [-0.4, -0.2) is 16.8 Å². The van der Waals surface area contributed by atoms with Crippen LogP contribution in [0.15, 0.2) is 65.7 Å². The molecule has 0 radical (unpaired) electrons. The van der Waals surface area contributed by atoms with Crippen LogP contribution in [0.4, 0.5) is 5.13 Å². The third kappa shape index (κ3) is 4.94. The van der Waals surface area contributed by atoms with Gasteiger partial charge in [-0.1, -0.05) is 46.8 Å². The van der Waals surface area contributed by atoms with Crippen molar-refractivity contribution in [1.29, 1.82) is 0 Å². The minimum absolute atomic E-state index is 0.224. The molecule has 2 aromatic carbocycles. The summed E-state index contributed by atoms with van der Waals surface area (Å²) in [5.74, 6) is -0.458. The molecule has 1 aromatic heterocycles. The lowest BCUT2D eigenvalue weighted by molar-refractivity contribution is -0.116. The van der Waals surface area contributed by atoms with Crippen molar-refractivity contribution in [2.75, 3.05) is 5.32 Å². The van der Waals surface area contributed by atoms with Gasteiger partial charge in [0.15, 0.2) is 5.13 Å². The summed E-state index contributed by atoms with van der Waals surface area (Å²) in [5.41, 5.74) is 3.29. The maximum absolute atomic E-state index is 12.5. The van der Waals surface area contributed by atoms with Crippen molar-refractivity contribution >= 4 is 44.2 Å². The van der Waals surface area contributed by atoms with Crippen LogP contribution in [0.1, 0.15) is 20.8 Å². The van der Waals surface area contributed by atoms with Crippen LogP contribution < -0.4 is 10.6 Å². The number of hydrogen-bond donors (Lipinski definition) is 2. The Morgan fingerprint density at radius 2 is 1.82 bits per heavy atom. The number of benzene rings is 2. The molecule has 5 nitrogen and oxygen atoms in total. The third-order valence-corrected chi connectivity index (χ3v) is 5.42. The summed E-state index contributed by atoms with van der Waals surface area (Å²) >= 11 is 4.87. The SMILES string of the molecule is C=CC(=O)NCc1ccc(C(=O)Nc2nc(-c3ccc(Br)cc3)c(C)s2)cc1. The number of nitrogens with zero attached hydrogens (tertiary/aromatic N) is 1. The minimum atomic E-state index is -0.234. The highest BCUT2D eigenvalue weighted by Crippen LogP contribution is 2.31. The van der Waals surface area contributed by atoms with Gasteiger partial charge >= 0.3 is 0 Å². The van der Waals surface area contributed by atoms with Gasteiger partial charge in [0.2, 0.25) is 5.91 Å². The molecule has 142 valence electrons. The van der Waals surface area contributed by atoms with Crippen molar-refractivity contribution in [3.05, 3.63) is 81.7 Å². The molecule has 0 aliphatic heterocycles. The molecule has 2 amide bonds. The van der Waals surface area contributed by atoms with Crippen LogP contribution >= 0.6 is 27.3 Å². The quantitative estimate of drug-likeness (QED) is 0.517. The molecule has 2 N–H and O–H groups in total. The molecular formula is C21H18BrN3O2S. The Morgan fingerprint density at radius 3 is 2.46 bits per heavy atom. The summed E-state index contributed by atoms with van der Waals surface area (Å²) in [7, 11) is 0. The van der Waals surface area contributed by atoms with Crippen molar-refractivity contribution in [1.82, 2.24) is 10.3 Å². The van der Waals surface area contributed by atoms with E-state index in [0.717, 1.165) is 26.2 Å². The summed E-state index contributed by atoms with van der Waals surface area (Å²) in [6, 6.07) is 15.0. The number of halogens is 1. The highest BCUT2D eigenvalue weighted by atomic mass is 79.9. The predicted molar refractivity (Wildman–Crippen MR) is 116 cm³/mol. The van der Waals surface area contributed by atoms with E-state index in [2.05, 4.69) is 38.1 Å². The van der Waals surface area contributed by atoms with Crippen LogP contribution in [0.3, 0.4) is 0 Å². The molecule has 0 spiro atoms. The normalized spacial score (nSPS) is 10.4. The van der Waals surface area contributed by atoms with Crippen LogP contribution in [0.2, 0.25) is 0 Å². The molecule has 0 bridgehead atoms. The smallest absolute Gasteiger partial charge is 0.257 e. The molecule has 7 heteroatoms. The van der Waals surface area contributed by atoms with E-state index in [4.69, 9.17) is 0 Å². The molecule has 0 saturated heterocycles. The summed E-state index contributed by atoms with van der Waals surface area (Å²) in [4.78, 5) is 29.3. The summed E-state index contributed by atoms with van der Waals surface area (Å²) < 4.78 is 1.00. The number of thiazole rings is 1. The number of amides is 2. The number of hydrogen-bond acceptors (Lipinski definition) is 4. The first-order valence-electron chi connectivity index (χ1n) is 8.50. The van der Waals surface area contributed by atoms with Gasteiger partial charge in [-0.25, -0.2) is 4.98 Å². The third-order valence-electron chi connectivity index (χ3n) is 4.00.